The molecule has 0 spiro atoms. The Morgan fingerprint density at radius 3 is 2.89 bits per heavy atom. The molecule has 0 aliphatic carbocycles. The van der Waals surface area contributed by atoms with Gasteiger partial charge in [-0.1, -0.05) is 22.0 Å². The van der Waals surface area contributed by atoms with Crippen molar-refractivity contribution in [2.24, 2.45) is 4.99 Å². The monoisotopic (exact) mass is 305 g/mol. The third-order valence-electron chi connectivity index (χ3n) is 2.80. The van der Waals surface area contributed by atoms with Crippen molar-refractivity contribution < 1.29 is 0 Å². The van der Waals surface area contributed by atoms with E-state index in [-0.39, 0.29) is 10.8 Å². The highest BCUT2D eigenvalue weighted by atomic mass is 79.9. The molecule has 0 aromatic heterocycles. The second-order valence-electron chi connectivity index (χ2n) is 4.22. The third-order valence-corrected chi connectivity index (χ3v) is 3.26. The molecule has 0 bridgehead atoms. The van der Waals surface area contributed by atoms with E-state index in [1.807, 2.05) is 19.1 Å². The molecule has 0 saturated heterocycles. The number of fused-ring (bicyclic) bond motifs is 1. The van der Waals surface area contributed by atoms with Gasteiger partial charge in [-0.25, -0.2) is 4.99 Å². The lowest BCUT2D eigenvalue weighted by Gasteiger charge is -2.19. The summed E-state index contributed by atoms with van der Waals surface area (Å²) in [7, 11) is 0. The Morgan fingerprint density at radius 1 is 1.28 bits per heavy atom. The molecule has 0 saturated carbocycles. The average Bonchev–Trinajstić information content (AvgIpc) is 2.74. The van der Waals surface area contributed by atoms with Crippen LogP contribution < -0.4 is 16.0 Å². The number of halogens is 1. The van der Waals surface area contributed by atoms with E-state index in [4.69, 9.17) is 5.41 Å². The predicted octanol–water partition coefficient (Wildman–Crippen LogP) is 2.37. The minimum absolute atomic E-state index is 0.0526. The van der Waals surface area contributed by atoms with Crippen molar-refractivity contribution in [1.29, 1.82) is 5.41 Å². The van der Waals surface area contributed by atoms with Crippen LogP contribution in [0.5, 0.6) is 0 Å². The molecule has 0 radical (unpaired) electrons. The fourth-order valence-corrected chi connectivity index (χ4v) is 2.28. The summed E-state index contributed by atoms with van der Waals surface area (Å²) in [5, 5.41) is 17.5. The first-order valence-corrected chi connectivity index (χ1v) is 6.48. The van der Waals surface area contributed by atoms with Crippen molar-refractivity contribution in [3.8, 4) is 0 Å². The molecule has 18 heavy (non-hydrogen) atoms. The van der Waals surface area contributed by atoms with Crippen LogP contribution in [0.4, 0.5) is 11.4 Å². The lowest BCUT2D eigenvalue weighted by atomic mass is 10.2. The topological polar surface area (TPSA) is 72.3 Å². The van der Waals surface area contributed by atoms with Crippen LogP contribution in [0, 0.1) is 12.3 Å². The van der Waals surface area contributed by atoms with Crippen molar-refractivity contribution >= 4 is 39.4 Å². The number of aryl methyl sites for hydroxylation is 1. The summed E-state index contributed by atoms with van der Waals surface area (Å²) in [4.78, 5) is 3.98. The first kappa shape index (κ1) is 11.3. The zero-order chi connectivity index (χ0) is 12.7. The average molecular weight is 306 g/mol. The zero-order valence-electron chi connectivity index (χ0n) is 9.71. The van der Waals surface area contributed by atoms with E-state index in [0.717, 1.165) is 17.2 Å². The summed E-state index contributed by atoms with van der Waals surface area (Å²) >= 11 is 3.40. The SMILES string of the molecule is Cc1ccc2c(c1)NC(=C1NC(Br)C=NC1=N)N2. The molecule has 6 heteroatoms. The van der Waals surface area contributed by atoms with Gasteiger partial charge in [-0.2, -0.15) is 0 Å². The smallest absolute Gasteiger partial charge is 0.171 e. The predicted molar refractivity (Wildman–Crippen MR) is 77.5 cm³/mol. The number of benzene rings is 1. The van der Waals surface area contributed by atoms with Crippen LogP contribution in [0.2, 0.25) is 0 Å². The van der Waals surface area contributed by atoms with Crippen molar-refractivity contribution in [3.05, 3.63) is 35.3 Å². The highest BCUT2D eigenvalue weighted by Gasteiger charge is 2.23. The summed E-state index contributed by atoms with van der Waals surface area (Å²) in [5.41, 5.74) is 3.89. The molecule has 2 heterocycles. The van der Waals surface area contributed by atoms with Crippen LogP contribution in [0.3, 0.4) is 0 Å². The Kier molecular flexibility index (Phi) is 2.59. The summed E-state index contributed by atoms with van der Waals surface area (Å²) in [6.45, 7) is 2.05. The van der Waals surface area contributed by atoms with Gasteiger partial charge >= 0.3 is 0 Å². The first-order valence-electron chi connectivity index (χ1n) is 5.56. The van der Waals surface area contributed by atoms with E-state index in [0.29, 0.717) is 5.70 Å². The van der Waals surface area contributed by atoms with Crippen molar-refractivity contribution in [3.63, 3.8) is 0 Å². The van der Waals surface area contributed by atoms with Crippen LogP contribution in [0.15, 0.2) is 34.7 Å². The molecular weight excluding hydrogens is 294 g/mol. The van der Waals surface area contributed by atoms with Crippen LogP contribution in [-0.2, 0) is 0 Å². The van der Waals surface area contributed by atoms with Gasteiger partial charge in [0.1, 0.15) is 16.5 Å². The van der Waals surface area contributed by atoms with E-state index < -0.39 is 0 Å². The Labute approximate surface area is 113 Å². The Balaban J connectivity index is 1.97. The van der Waals surface area contributed by atoms with Gasteiger partial charge in [-0.15, -0.1) is 0 Å². The highest BCUT2D eigenvalue weighted by molar-refractivity contribution is 9.09. The number of nitrogens with zero attached hydrogens (tertiary/aromatic N) is 1. The van der Waals surface area contributed by atoms with Gasteiger partial charge in [-0.3, -0.25) is 5.41 Å². The van der Waals surface area contributed by atoms with Crippen LogP contribution >= 0.6 is 15.9 Å². The molecule has 4 N–H and O–H groups in total. The van der Waals surface area contributed by atoms with Crippen LogP contribution in [0.1, 0.15) is 5.56 Å². The minimum Gasteiger partial charge on any atom is -0.362 e. The van der Waals surface area contributed by atoms with Crippen LogP contribution in [0.25, 0.3) is 0 Å². The lowest BCUT2D eigenvalue weighted by molar-refractivity contribution is 0.913. The lowest BCUT2D eigenvalue weighted by Crippen LogP contribution is -2.34. The molecule has 92 valence electrons. The normalized spacial score (nSPS) is 25.2. The number of anilines is 2. The van der Waals surface area contributed by atoms with Gasteiger partial charge < -0.3 is 16.0 Å². The van der Waals surface area contributed by atoms with Gasteiger partial charge in [0.15, 0.2) is 5.84 Å². The number of nitrogens with one attached hydrogen (secondary N) is 4. The van der Waals surface area contributed by atoms with E-state index in [1.165, 1.54) is 5.56 Å². The number of hydrogen-bond acceptors (Lipinski definition) is 4. The van der Waals surface area contributed by atoms with E-state index in [2.05, 4.69) is 42.9 Å². The second kappa shape index (κ2) is 4.13. The number of hydrogen-bond donors (Lipinski definition) is 4. The zero-order valence-corrected chi connectivity index (χ0v) is 11.3. The summed E-state index contributed by atoms with van der Waals surface area (Å²) in [5.74, 6) is 0.979. The molecule has 1 unspecified atom stereocenters. The molecule has 5 nitrogen and oxygen atoms in total. The molecule has 3 rings (SSSR count). The van der Waals surface area contributed by atoms with Crippen molar-refractivity contribution in [2.45, 2.75) is 11.9 Å². The maximum absolute atomic E-state index is 7.83. The van der Waals surface area contributed by atoms with Crippen molar-refractivity contribution in [1.82, 2.24) is 5.32 Å². The van der Waals surface area contributed by atoms with Gasteiger partial charge in [0.25, 0.3) is 0 Å². The molecule has 2 aliphatic rings. The summed E-state index contributed by atoms with van der Waals surface area (Å²) in [6.07, 6.45) is 1.65. The molecule has 1 aromatic carbocycles. The van der Waals surface area contributed by atoms with E-state index >= 15 is 0 Å². The molecule has 1 aromatic rings. The fourth-order valence-electron chi connectivity index (χ4n) is 1.93. The van der Waals surface area contributed by atoms with Gasteiger partial charge in [-0.05, 0) is 24.6 Å². The minimum atomic E-state index is -0.0526. The maximum Gasteiger partial charge on any atom is 0.171 e. The number of rotatable bonds is 0. The fraction of sp³-hybridized carbons (Fsp3) is 0.167. The van der Waals surface area contributed by atoms with E-state index in [9.17, 15) is 0 Å². The van der Waals surface area contributed by atoms with E-state index in [1.54, 1.807) is 6.21 Å². The number of amidine groups is 1. The summed E-state index contributed by atoms with van der Waals surface area (Å²) in [6, 6.07) is 6.13. The largest absolute Gasteiger partial charge is 0.362 e. The molecule has 2 aliphatic heterocycles. The van der Waals surface area contributed by atoms with Crippen LogP contribution in [-0.4, -0.2) is 17.0 Å². The van der Waals surface area contributed by atoms with Gasteiger partial charge in [0.05, 0.1) is 11.4 Å². The highest BCUT2D eigenvalue weighted by Crippen LogP contribution is 2.32. The summed E-state index contributed by atoms with van der Waals surface area (Å²) < 4.78 is 0. The second-order valence-corrected chi connectivity index (χ2v) is 5.21. The molecule has 1 atom stereocenters. The quantitative estimate of drug-likeness (QED) is 0.439. The Hall–Kier alpha value is -1.82. The Morgan fingerprint density at radius 2 is 2.06 bits per heavy atom. The van der Waals surface area contributed by atoms with Crippen molar-refractivity contribution in [2.75, 3.05) is 10.6 Å². The Bertz CT molecular complexity index is 590. The number of alkyl halides is 1. The first-order chi connectivity index (χ1) is 8.63. The third kappa shape index (κ3) is 1.88. The molecular formula is C12H12BrN5. The van der Waals surface area contributed by atoms with Gasteiger partial charge in [0.2, 0.25) is 0 Å². The molecule has 0 amide bonds. The maximum atomic E-state index is 7.83. The molecule has 0 fully saturated rings. The number of aliphatic imine (C=N–C) groups is 1. The standard InChI is InChI=1S/C12H12BrN5/c1-6-2-3-7-8(4-6)17-12(16-7)10-11(14)15-5-9(13)18-10/h2-5,9,14,16-18H,1H3. The van der Waals surface area contributed by atoms with Gasteiger partial charge in [0, 0.05) is 6.21 Å².